The molecule has 0 spiro atoms. The molecule has 0 bridgehead atoms. The van der Waals surface area contributed by atoms with Gasteiger partial charge in [-0.15, -0.1) is 0 Å². The molecule has 0 amide bonds. The van der Waals surface area contributed by atoms with E-state index in [0.717, 1.165) is 5.69 Å². The maximum Gasteiger partial charge on any atom is 0.173 e. The molecule has 0 atom stereocenters. The number of nitrogens with one attached hydrogen (secondary N) is 1. The van der Waals surface area contributed by atoms with Gasteiger partial charge in [-0.25, -0.2) is 4.39 Å². The van der Waals surface area contributed by atoms with Gasteiger partial charge in [0, 0.05) is 18.8 Å². The lowest BCUT2D eigenvalue weighted by Crippen LogP contribution is -2.40. The van der Waals surface area contributed by atoms with Crippen molar-refractivity contribution in [1.82, 2.24) is 5.32 Å². The van der Waals surface area contributed by atoms with Crippen molar-refractivity contribution in [2.45, 2.75) is 19.9 Å². The fourth-order valence-electron chi connectivity index (χ4n) is 1.15. The maximum atomic E-state index is 13.0. The Balaban J connectivity index is 2.76. The highest BCUT2D eigenvalue weighted by Gasteiger charge is 2.07. The van der Waals surface area contributed by atoms with E-state index in [1.165, 1.54) is 12.1 Å². The third kappa shape index (κ3) is 3.47. The Labute approximate surface area is 95.1 Å². The van der Waals surface area contributed by atoms with Crippen molar-refractivity contribution >= 4 is 23.0 Å². The van der Waals surface area contributed by atoms with Crippen molar-refractivity contribution in [2.24, 2.45) is 0 Å². The van der Waals surface area contributed by atoms with Crippen molar-refractivity contribution in [3.05, 3.63) is 30.1 Å². The normalized spacial score (nSPS) is 10.2. The number of rotatable bonds is 2. The van der Waals surface area contributed by atoms with Crippen molar-refractivity contribution in [2.75, 3.05) is 11.9 Å². The average molecular weight is 226 g/mol. The molecule has 1 aromatic carbocycles. The summed E-state index contributed by atoms with van der Waals surface area (Å²) in [5.74, 6) is -0.258. The molecule has 0 unspecified atom stereocenters. The van der Waals surface area contributed by atoms with Gasteiger partial charge in [-0.2, -0.15) is 0 Å². The first-order valence-corrected chi connectivity index (χ1v) is 5.21. The predicted molar refractivity (Wildman–Crippen MR) is 65.7 cm³/mol. The topological polar surface area (TPSA) is 15.3 Å². The van der Waals surface area contributed by atoms with Gasteiger partial charge < -0.3 is 10.2 Å². The Hall–Kier alpha value is -1.16. The Kier molecular flexibility index (Phi) is 4.03. The summed E-state index contributed by atoms with van der Waals surface area (Å²) in [6.45, 7) is 4.01. The molecule has 1 rings (SSSR count). The van der Waals surface area contributed by atoms with Crippen molar-refractivity contribution < 1.29 is 4.39 Å². The van der Waals surface area contributed by atoms with E-state index in [1.807, 2.05) is 27.0 Å². The summed E-state index contributed by atoms with van der Waals surface area (Å²) in [6, 6.07) is 6.62. The molecule has 0 aliphatic carbocycles. The highest BCUT2D eigenvalue weighted by atomic mass is 32.1. The fraction of sp³-hybridized carbons (Fsp3) is 0.364. The predicted octanol–water partition coefficient (Wildman–Crippen LogP) is 2.54. The molecule has 0 aliphatic heterocycles. The first kappa shape index (κ1) is 11.9. The smallest absolute Gasteiger partial charge is 0.173 e. The third-order valence-electron chi connectivity index (χ3n) is 1.91. The van der Waals surface area contributed by atoms with E-state index in [1.54, 1.807) is 11.0 Å². The van der Waals surface area contributed by atoms with Gasteiger partial charge in [0.2, 0.25) is 0 Å². The minimum Gasteiger partial charge on any atom is -0.360 e. The van der Waals surface area contributed by atoms with Crippen LogP contribution in [0.1, 0.15) is 13.8 Å². The standard InChI is InChI=1S/C11H15FN2S/c1-8(2)13-11(15)14(3)10-6-4-5-9(12)7-10/h4-8H,1-3H3,(H,13,15). The van der Waals surface area contributed by atoms with Crippen LogP contribution in [0.25, 0.3) is 0 Å². The number of benzene rings is 1. The van der Waals surface area contributed by atoms with Gasteiger partial charge in [0.1, 0.15) is 5.82 Å². The van der Waals surface area contributed by atoms with Crippen LogP contribution in [-0.4, -0.2) is 18.2 Å². The molecule has 4 heteroatoms. The molecular weight excluding hydrogens is 211 g/mol. The van der Waals surface area contributed by atoms with Crippen LogP contribution in [0.2, 0.25) is 0 Å². The molecule has 0 saturated carbocycles. The summed E-state index contributed by atoms with van der Waals surface area (Å²) in [7, 11) is 1.81. The van der Waals surface area contributed by atoms with Gasteiger partial charge >= 0.3 is 0 Å². The molecule has 0 aliphatic rings. The van der Waals surface area contributed by atoms with E-state index in [-0.39, 0.29) is 11.9 Å². The zero-order valence-electron chi connectivity index (χ0n) is 9.12. The van der Waals surface area contributed by atoms with E-state index >= 15 is 0 Å². The van der Waals surface area contributed by atoms with Gasteiger partial charge in [-0.1, -0.05) is 6.07 Å². The third-order valence-corrected chi connectivity index (χ3v) is 2.30. The molecule has 1 aromatic rings. The zero-order chi connectivity index (χ0) is 11.4. The van der Waals surface area contributed by atoms with Gasteiger partial charge in [-0.3, -0.25) is 0 Å². The Morgan fingerprint density at radius 3 is 2.67 bits per heavy atom. The fourth-order valence-corrected chi connectivity index (χ4v) is 1.49. The molecule has 2 nitrogen and oxygen atoms in total. The Bertz CT molecular complexity index is 352. The minimum atomic E-state index is -0.258. The average Bonchev–Trinajstić information content (AvgIpc) is 2.15. The molecule has 0 saturated heterocycles. The number of halogens is 1. The summed E-state index contributed by atoms with van der Waals surface area (Å²) < 4.78 is 13.0. The second-order valence-corrected chi connectivity index (χ2v) is 4.03. The minimum absolute atomic E-state index is 0.258. The second-order valence-electron chi connectivity index (χ2n) is 3.64. The van der Waals surface area contributed by atoms with E-state index < -0.39 is 0 Å². The van der Waals surface area contributed by atoms with Gasteiger partial charge in [0.05, 0.1) is 0 Å². The lowest BCUT2D eigenvalue weighted by Gasteiger charge is -2.22. The lowest BCUT2D eigenvalue weighted by molar-refractivity contribution is 0.628. The van der Waals surface area contributed by atoms with Crippen LogP contribution in [0.15, 0.2) is 24.3 Å². The first-order chi connectivity index (χ1) is 7.00. The van der Waals surface area contributed by atoms with Crippen LogP contribution in [0, 0.1) is 5.82 Å². The summed E-state index contributed by atoms with van der Waals surface area (Å²) in [4.78, 5) is 1.75. The summed E-state index contributed by atoms with van der Waals surface area (Å²) >= 11 is 5.17. The Morgan fingerprint density at radius 1 is 1.47 bits per heavy atom. The highest BCUT2D eigenvalue weighted by Crippen LogP contribution is 2.13. The van der Waals surface area contributed by atoms with Crippen LogP contribution in [0.4, 0.5) is 10.1 Å². The van der Waals surface area contributed by atoms with E-state index in [2.05, 4.69) is 5.32 Å². The van der Waals surface area contributed by atoms with Crippen molar-refractivity contribution in [3.8, 4) is 0 Å². The van der Waals surface area contributed by atoms with Crippen molar-refractivity contribution in [1.29, 1.82) is 0 Å². The molecule has 15 heavy (non-hydrogen) atoms. The number of thiocarbonyl (C=S) groups is 1. The molecule has 82 valence electrons. The van der Waals surface area contributed by atoms with Crippen LogP contribution >= 0.6 is 12.2 Å². The van der Waals surface area contributed by atoms with Gasteiger partial charge in [0.15, 0.2) is 5.11 Å². The van der Waals surface area contributed by atoms with Gasteiger partial charge in [0.25, 0.3) is 0 Å². The first-order valence-electron chi connectivity index (χ1n) is 4.80. The van der Waals surface area contributed by atoms with Crippen molar-refractivity contribution in [3.63, 3.8) is 0 Å². The molecule has 0 aromatic heterocycles. The van der Waals surface area contributed by atoms with Crippen LogP contribution in [0.5, 0.6) is 0 Å². The van der Waals surface area contributed by atoms with E-state index in [0.29, 0.717) is 5.11 Å². The molecule has 0 radical (unpaired) electrons. The maximum absolute atomic E-state index is 13.0. The van der Waals surface area contributed by atoms with Crippen LogP contribution in [-0.2, 0) is 0 Å². The molecule has 0 heterocycles. The zero-order valence-corrected chi connectivity index (χ0v) is 9.94. The number of nitrogens with zero attached hydrogens (tertiary/aromatic N) is 1. The van der Waals surface area contributed by atoms with E-state index in [9.17, 15) is 4.39 Å². The highest BCUT2D eigenvalue weighted by molar-refractivity contribution is 7.80. The summed E-state index contributed by atoms with van der Waals surface area (Å²) in [5, 5.41) is 3.69. The lowest BCUT2D eigenvalue weighted by atomic mass is 10.3. The number of anilines is 1. The monoisotopic (exact) mass is 226 g/mol. The molecule has 1 N–H and O–H groups in total. The number of hydrogen-bond donors (Lipinski definition) is 1. The second kappa shape index (κ2) is 5.07. The molecular formula is C11H15FN2S. The molecule has 0 fully saturated rings. The van der Waals surface area contributed by atoms with Crippen LogP contribution < -0.4 is 10.2 Å². The SMILES string of the molecule is CC(C)NC(=S)N(C)c1cccc(F)c1. The van der Waals surface area contributed by atoms with E-state index in [4.69, 9.17) is 12.2 Å². The Morgan fingerprint density at radius 2 is 2.13 bits per heavy atom. The van der Waals surface area contributed by atoms with Gasteiger partial charge in [-0.05, 0) is 44.3 Å². The summed E-state index contributed by atoms with van der Waals surface area (Å²) in [6.07, 6.45) is 0. The summed E-state index contributed by atoms with van der Waals surface area (Å²) in [5.41, 5.74) is 0.744. The van der Waals surface area contributed by atoms with Crippen LogP contribution in [0.3, 0.4) is 0 Å². The largest absolute Gasteiger partial charge is 0.360 e. The quantitative estimate of drug-likeness (QED) is 0.780. The number of hydrogen-bond acceptors (Lipinski definition) is 1.